The Morgan fingerprint density at radius 3 is 0.133 bits per heavy atom. The molecule has 0 unspecified atom stereocenters. The van der Waals surface area contributed by atoms with Crippen molar-refractivity contribution in [2.45, 2.75) is 0 Å². The number of rotatable bonds is 5. The summed E-state index contributed by atoms with van der Waals surface area (Å²) in [6, 6.07) is 50.1. The van der Waals surface area contributed by atoms with E-state index in [4.69, 9.17) is 0 Å². The van der Waals surface area contributed by atoms with Crippen LogP contribution in [0, 0.1) is 0 Å². The van der Waals surface area contributed by atoms with Gasteiger partial charge in [0.1, 0.15) is 0 Å². The minimum atomic E-state index is 0. The van der Waals surface area contributed by atoms with E-state index in [1.165, 1.54) is 27.8 Å². The maximum atomic E-state index is 3.63. The number of hydrogen-bond donors (Lipinski definition) is 0. The van der Waals surface area contributed by atoms with E-state index >= 15 is 0 Å². The van der Waals surface area contributed by atoms with Gasteiger partial charge < -0.3 is 0 Å². The average molecular weight is 2800 g/mol. The van der Waals surface area contributed by atoms with Crippen molar-refractivity contribution in [3.8, 4) is 0 Å². The summed E-state index contributed by atoms with van der Waals surface area (Å²) < 4.78 is 0. The second-order valence-electron chi connectivity index (χ2n) is 8.07. The first-order chi connectivity index (χ1) is 19.7. The molecule has 0 bridgehead atoms. The van der Waals surface area contributed by atoms with Crippen LogP contribution >= 0.6 is 0 Å². The third-order valence-corrected chi connectivity index (χ3v) is 5.18. The Balaban J connectivity index is -0.00000000135. The topological polar surface area (TPSA) is 0 Å². The Bertz CT molecular complexity index is 1180. The maximum absolute atomic E-state index is 3.63. The summed E-state index contributed by atoms with van der Waals surface area (Å²) in [5, 5.41) is 0. The summed E-state index contributed by atoms with van der Waals surface area (Å²) in [6.45, 7) is 18.2. The van der Waals surface area contributed by atoms with Gasteiger partial charge in [-0.15, -0.1) is 0 Å². The van der Waals surface area contributed by atoms with Gasteiger partial charge in [0.15, 0.2) is 0 Å². The molecule has 390 valence electrons. The fraction of sp³-hybridized carbons (Fsp3) is 0. The van der Waals surface area contributed by atoms with Crippen LogP contribution in [0.25, 0.3) is 30.4 Å². The standard InChI is InChI=1S/5C8H8.95Na.95H/c5*1-2-8-6-4-3-5-7-8;;;;;;;;;;;;;;;;;;;;;;;;;;;;;;;;;;;;;;;;;;;;;;;;;;;;;;;;;;;;;;;;;;;;;;;;;;;;;;;;;;;;;;;;;;;;;;;;;;;;;;;;;;;;;;;;;;;;;;;;;;;;;;;;;;;;;;;;;;;;;;;;;;;;;;;;;;;;;;;;;;;;;;;;;;;;;;;;;;;;;;;;;;;;;;/h5*2-7H,1H2;;;;;;;;;;;;;;;;;;;;;;;;;;;;;;;;;;;;;;;;;;;;;;;;;;;;;;;;;;;;;;;;;;;;;;;;;;;;;;;;;;;;;;;;;;;;;;;;;;;;;;;;;;;;;;;;;;;;;;;;;;;;;;;;;;;;;;;;;;;;;;;;;;;;;;;;;;;;;;;;;;;;;;;;;;;;;;;;;;;;;;;;;;;;;;. The van der Waals surface area contributed by atoms with E-state index in [1.54, 1.807) is 0 Å². The minimum absolute atomic E-state index is 0. The molecule has 5 rings (SSSR count). The van der Waals surface area contributed by atoms with Crippen LogP contribution in [-0.4, -0.2) is 2810 Å². The molecule has 5 aromatic rings. The van der Waals surface area contributed by atoms with Crippen LogP contribution in [0.3, 0.4) is 0 Å². The first-order valence-corrected chi connectivity index (χ1v) is 13.0. The Morgan fingerprint density at radius 1 is 0.0741 bits per heavy atom. The Hall–Kier alpha value is 89.8. The van der Waals surface area contributed by atoms with Crippen LogP contribution in [-0.2, 0) is 0 Å². The molecular weight excluding hydrogens is 2660 g/mol. The van der Waals surface area contributed by atoms with Crippen molar-refractivity contribution >= 4 is 2840 Å². The second-order valence-corrected chi connectivity index (χ2v) is 8.07. The zero-order valence-corrected chi connectivity index (χ0v) is 23.4. The summed E-state index contributed by atoms with van der Waals surface area (Å²) in [4.78, 5) is 0. The average Bonchev–Trinajstić information content (AvgIpc) is 3.07. The van der Waals surface area contributed by atoms with Crippen LogP contribution in [0.1, 0.15) is 27.8 Å². The van der Waals surface area contributed by atoms with Crippen molar-refractivity contribution in [2.75, 3.05) is 0 Å². The Kier molecular flexibility index (Phi) is 3030. The molecule has 135 heavy (non-hydrogen) atoms. The molecule has 0 nitrogen and oxygen atoms in total. The monoisotopic (exact) mass is 2800 g/mol. The summed E-state index contributed by atoms with van der Waals surface area (Å²) in [6.07, 6.45) is 9.17. The molecule has 0 amide bonds. The van der Waals surface area contributed by atoms with E-state index in [-0.39, 0.29) is 2810 Å². The van der Waals surface area contributed by atoms with Gasteiger partial charge in [-0.25, -0.2) is 0 Å². The number of benzene rings is 5. The Morgan fingerprint density at radius 2 is 0.111 bits per heavy atom. The van der Waals surface area contributed by atoms with E-state index < -0.39 is 0 Å². The van der Waals surface area contributed by atoms with E-state index in [0.29, 0.717) is 0 Å². The third kappa shape index (κ3) is 563. The van der Waals surface area contributed by atoms with Crippen LogP contribution < -0.4 is 0 Å². The fourth-order valence-electron chi connectivity index (χ4n) is 2.95. The van der Waals surface area contributed by atoms with Gasteiger partial charge in [-0.2, -0.15) is 0 Å². The predicted molar refractivity (Wildman–Crippen MR) is 862 cm³/mol. The van der Waals surface area contributed by atoms with Gasteiger partial charge in [0.25, 0.3) is 0 Å². The normalized spacial score (nSPS) is 2.52. The summed E-state index contributed by atoms with van der Waals surface area (Å²) >= 11 is 0. The third-order valence-electron chi connectivity index (χ3n) is 5.18. The van der Waals surface area contributed by atoms with Gasteiger partial charge in [0.2, 0.25) is 0 Å². The molecule has 0 aliphatic heterocycles. The SMILES string of the molecule is C=Cc1ccccc1.C=Cc1ccccc1.C=Cc1ccccc1.C=Cc1ccccc1.C=Cc1ccccc1.[NaH].[NaH].[NaH].[NaH].[NaH].[NaH].[NaH].[NaH].[NaH].[NaH].[NaH].[NaH].[NaH].[NaH].[NaH].[NaH].[NaH].[NaH].[NaH].[NaH].[NaH].[NaH].[NaH].[NaH].[NaH].[NaH].[NaH].[NaH].[NaH].[NaH].[NaH].[NaH].[NaH].[NaH].[NaH].[NaH].[NaH].[NaH].[NaH].[NaH].[NaH].[NaH].[NaH].[NaH].[NaH].[NaH].[NaH].[NaH].[NaH].[NaH].[NaH].[NaH].[NaH].[NaH].[NaH].[NaH].[NaH].[NaH].[NaH].[NaH].[NaH].[NaH].[NaH].[NaH].[NaH].[NaH].[NaH].[NaH].[NaH].[NaH].[NaH].[NaH].[NaH].[NaH].[NaH].[NaH].[NaH].[NaH].[NaH].[NaH].[NaH].[NaH].[NaH].[NaH].[NaH].[NaH].[NaH].[NaH].[NaH].[NaH].[NaH].[NaH].[NaH].[NaH].[NaH]. The van der Waals surface area contributed by atoms with Crippen LogP contribution in [0.5, 0.6) is 0 Å². The second kappa shape index (κ2) is 611. The van der Waals surface area contributed by atoms with E-state index in [1.807, 2.05) is 182 Å². The van der Waals surface area contributed by atoms with Gasteiger partial charge >= 0.3 is 2810 Å². The van der Waals surface area contributed by atoms with E-state index in [0.717, 1.165) is 0 Å². The van der Waals surface area contributed by atoms with Crippen molar-refractivity contribution in [2.24, 2.45) is 0 Å². The quantitative estimate of drug-likeness (QED) is 0.154. The van der Waals surface area contributed by atoms with E-state index in [9.17, 15) is 0 Å². The van der Waals surface area contributed by atoms with Gasteiger partial charge in [-0.1, -0.05) is 215 Å². The molecule has 0 saturated carbocycles. The fourth-order valence-corrected chi connectivity index (χ4v) is 2.95. The molecule has 5 aromatic carbocycles. The Labute approximate surface area is 2940 Å². The molecule has 0 aromatic heterocycles. The number of hydrogen-bond acceptors (Lipinski definition) is 0. The van der Waals surface area contributed by atoms with Gasteiger partial charge in [-0.05, 0) is 27.8 Å². The molecule has 0 aliphatic carbocycles. The summed E-state index contributed by atoms with van der Waals surface area (Å²) in [7, 11) is 0. The van der Waals surface area contributed by atoms with Gasteiger partial charge in [-0.3, -0.25) is 0 Å². The molecule has 0 aliphatic rings. The van der Waals surface area contributed by atoms with Crippen molar-refractivity contribution in [1.82, 2.24) is 0 Å². The molecule has 0 heterocycles. The van der Waals surface area contributed by atoms with Crippen LogP contribution in [0.2, 0.25) is 0 Å². The molecule has 0 N–H and O–H groups in total. The van der Waals surface area contributed by atoms with Gasteiger partial charge in [0.05, 0.1) is 0 Å². The molecule has 0 atom stereocenters. The van der Waals surface area contributed by atoms with Crippen molar-refractivity contribution in [3.05, 3.63) is 212 Å². The van der Waals surface area contributed by atoms with Crippen molar-refractivity contribution in [1.29, 1.82) is 0 Å². The first kappa shape index (κ1) is 668. The van der Waals surface area contributed by atoms with E-state index in [2.05, 4.69) is 32.9 Å². The summed E-state index contributed by atoms with van der Waals surface area (Å²) in [5.41, 5.74) is 5.87. The molecule has 0 spiro atoms. The zero-order chi connectivity index (χ0) is 29.1. The predicted octanol–water partition coefficient (Wildman–Crippen LogP) is -50.0. The molecule has 0 fully saturated rings. The molecule has 95 heteroatoms. The molecular formula is C40H135Na95. The molecule has 0 radical (unpaired) electrons. The van der Waals surface area contributed by atoms with Crippen LogP contribution in [0.4, 0.5) is 0 Å². The van der Waals surface area contributed by atoms with Gasteiger partial charge in [0, 0.05) is 0 Å². The first-order valence-electron chi connectivity index (χ1n) is 13.0. The molecule has 0 saturated heterocycles. The zero-order valence-electron chi connectivity index (χ0n) is 23.4. The van der Waals surface area contributed by atoms with Crippen molar-refractivity contribution < 1.29 is 0 Å². The van der Waals surface area contributed by atoms with Crippen molar-refractivity contribution in [3.63, 3.8) is 0 Å². The summed E-state index contributed by atoms with van der Waals surface area (Å²) in [5.74, 6) is 0. The van der Waals surface area contributed by atoms with Crippen LogP contribution in [0.15, 0.2) is 185 Å².